The molecule has 0 atom stereocenters. The third-order valence-corrected chi connectivity index (χ3v) is 5.30. The maximum Gasteiger partial charge on any atom is 0.127 e. The van der Waals surface area contributed by atoms with Gasteiger partial charge >= 0.3 is 0 Å². The molecule has 2 aliphatic heterocycles. The molecule has 5 heteroatoms. The summed E-state index contributed by atoms with van der Waals surface area (Å²) in [4.78, 5) is 6.23. The second kappa shape index (κ2) is 7.81. The van der Waals surface area contributed by atoms with Crippen LogP contribution in [0.15, 0.2) is 46.8 Å². The number of para-hydroxylation sites is 2. The van der Waals surface area contributed by atoms with Gasteiger partial charge in [-0.25, -0.2) is 0 Å². The molecule has 0 radical (unpaired) electrons. The summed E-state index contributed by atoms with van der Waals surface area (Å²) in [5.74, 6) is 1.08. The van der Waals surface area contributed by atoms with Gasteiger partial charge in [0, 0.05) is 4.88 Å². The zero-order valence-corrected chi connectivity index (χ0v) is 15.2. The Morgan fingerprint density at radius 2 is 1.79 bits per heavy atom. The number of benzene rings is 1. The molecule has 24 heavy (non-hydrogen) atoms. The molecule has 1 aromatic heterocycles. The highest BCUT2D eigenvalue weighted by Gasteiger charge is 2.40. The van der Waals surface area contributed by atoms with Crippen molar-refractivity contribution in [3.8, 4) is 0 Å². The Morgan fingerprint density at radius 1 is 1.04 bits per heavy atom. The molecule has 1 fully saturated rings. The van der Waals surface area contributed by atoms with Crippen molar-refractivity contribution >= 4 is 28.5 Å². The van der Waals surface area contributed by atoms with Crippen molar-refractivity contribution in [2.75, 3.05) is 23.7 Å². The first-order valence-electron chi connectivity index (χ1n) is 8.78. The Hall–Kier alpha value is -1.85. The minimum Gasteiger partial charge on any atom is -0.371 e. The molecule has 0 aliphatic carbocycles. The lowest BCUT2D eigenvalue weighted by Gasteiger charge is -2.44. The van der Waals surface area contributed by atoms with Gasteiger partial charge in [-0.15, -0.1) is 11.3 Å². The summed E-state index contributed by atoms with van der Waals surface area (Å²) in [6, 6.07) is 12.6. The number of piperidine rings is 1. The first-order chi connectivity index (χ1) is 11.9. The topological polar surface area (TPSA) is 48.5 Å². The number of thiophene rings is 1. The lowest BCUT2D eigenvalue weighted by molar-refractivity contribution is 0.419. The van der Waals surface area contributed by atoms with E-state index in [0.29, 0.717) is 0 Å². The first-order valence-corrected chi connectivity index (χ1v) is 9.66. The quantitative estimate of drug-likeness (QED) is 0.761. The van der Waals surface area contributed by atoms with Gasteiger partial charge in [-0.1, -0.05) is 32.0 Å². The van der Waals surface area contributed by atoms with Crippen LogP contribution >= 0.6 is 11.3 Å². The smallest absolute Gasteiger partial charge is 0.127 e. The maximum atomic E-state index is 4.93. The Bertz CT molecular complexity index is 672. The zero-order chi connectivity index (χ0) is 16.8. The van der Waals surface area contributed by atoms with E-state index in [1.165, 1.54) is 10.6 Å². The number of aliphatic imine (C=N–C) groups is 1. The number of nitrogens with one attached hydrogen (secondary N) is 3. The monoisotopic (exact) mass is 342 g/mol. The van der Waals surface area contributed by atoms with Gasteiger partial charge in [0.2, 0.25) is 0 Å². The highest BCUT2D eigenvalue weighted by atomic mass is 32.1. The molecule has 3 heterocycles. The molecule has 0 unspecified atom stereocenters. The van der Waals surface area contributed by atoms with Gasteiger partial charge < -0.3 is 16.0 Å². The second-order valence-electron chi connectivity index (χ2n) is 5.87. The molecule has 0 amide bonds. The van der Waals surface area contributed by atoms with E-state index in [2.05, 4.69) is 57.7 Å². The van der Waals surface area contributed by atoms with Gasteiger partial charge in [0.05, 0.1) is 23.5 Å². The molecule has 4 nitrogen and oxygen atoms in total. The molecule has 1 saturated heterocycles. The van der Waals surface area contributed by atoms with E-state index in [9.17, 15) is 0 Å². The van der Waals surface area contributed by atoms with Crippen molar-refractivity contribution in [2.45, 2.75) is 38.8 Å². The van der Waals surface area contributed by atoms with Crippen LogP contribution in [0.25, 0.3) is 0 Å². The molecule has 2 aliphatic rings. The fraction of sp³-hybridized carbons (Fsp3) is 0.421. The average molecular weight is 343 g/mol. The van der Waals surface area contributed by atoms with Crippen molar-refractivity contribution in [1.82, 2.24) is 5.32 Å². The summed E-state index contributed by atoms with van der Waals surface area (Å²) < 4.78 is 0. The minimum absolute atomic E-state index is 0.0587. The van der Waals surface area contributed by atoms with E-state index < -0.39 is 0 Å². The van der Waals surface area contributed by atoms with Gasteiger partial charge in [-0.2, -0.15) is 0 Å². The van der Waals surface area contributed by atoms with Crippen LogP contribution in [-0.4, -0.2) is 24.5 Å². The molecule has 3 N–H and O–H groups in total. The molecule has 0 saturated carbocycles. The minimum atomic E-state index is -0.0587. The number of rotatable bonds is 2. The summed E-state index contributed by atoms with van der Waals surface area (Å²) in [5, 5.41) is 12.9. The largest absolute Gasteiger partial charge is 0.371 e. The fourth-order valence-electron chi connectivity index (χ4n) is 3.23. The Kier molecular flexibility index (Phi) is 5.53. The van der Waals surface area contributed by atoms with E-state index in [-0.39, 0.29) is 5.54 Å². The van der Waals surface area contributed by atoms with Gasteiger partial charge in [0.15, 0.2) is 0 Å². The van der Waals surface area contributed by atoms with Crippen LogP contribution in [0.2, 0.25) is 0 Å². The van der Waals surface area contributed by atoms with Crippen molar-refractivity contribution in [3.63, 3.8) is 0 Å². The number of fused-ring (bicyclic) bond motifs is 1. The third-order valence-electron chi connectivity index (χ3n) is 4.44. The van der Waals surface area contributed by atoms with E-state index in [1.807, 2.05) is 13.8 Å². The maximum absolute atomic E-state index is 4.93. The van der Waals surface area contributed by atoms with Crippen LogP contribution in [0.4, 0.5) is 11.4 Å². The van der Waals surface area contributed by atoms with Gasteiger partial charge in [0.25, 0.3) is 0 Å². The molecule has 1 aromatic carbocycles. The molecule has 2 aromatic rings. The number of anilines is 2. The first kappa shape index (κ1) is 17.0. The van der Waals surface area contributed by atoms with Crippen LogP contribution in [0, 0.1) is 0 Å². The highest BCUT2D eigenvalue weighted by Crippen LogP contribution is 2.35. The summed E-state index contributed by atoms with van der Waals surface area (Å²) >= 11 is 1.76. The van der Waals surface area contributed by atoms with Crippen molar-refractivity contribution in [2.24, 2.45) is 4.99 Å². The molecule has 4 rings (SSSR count). The Balaban J connectivity index is 0.000000815. The molecule has 1 spiro atoms. The molecular weight excluding hydrogens is 316 g/mol. The van der Waals surface area contributed by atoms with Crippen LogP contribution in [-0.2, 0) is 6.54 Å². The standard InChI is InChI=1S/C17H20N4S.C2H6/c1-2-6-15-14(5-1)20-16(19-12-13-4-3-11-22-13)17(21-15)7-9-18-10-8-17;1-2/h1-6,11,18,21H,7-10,12H2,(H,19,20);1-2H3. The van der Waals surface area contributed by atoms with Crippen molar-refractivity contribution < 1.29 is 0 Å². The van der Waals surface area contributed by atoms with Crippen LogP contribution < -0.4 is 16.0 Å². The third kappa shape index (κ3) is 3.47. The zero-order valence-electron chi connectivity index (χ0n) is 14.4. The molecule has 128 valence electrons. The predicted octanol–water partition coefficient (Wildman–Crippen LogP) is 4.33. The molecular formula is C19H26N4S. The second-order valence-corrected chi connectivity index (χ2v) is 6.90. The molecule has 0 bridgehead atoms. The summed E-state index contributed by atoms with van der Waals surface area (Å²) in [5.41, 5.74) is 2.24. The van der Waals surface area contributed by atoms with Crippen molar-refractivity contribution in [3.05, 3.63) is 46.7 Å². The van der Waals surface area contributed by atoms with E-state index >= 15 is 0 Å². The predicted molar refractivity (Wildman–Crippen MR) is 105 cm³/mol. The van der Waals surface area contributed by atoms with Crippen LogP contribution in [0.1, 0.15) is 31.6 Å². The van der Waals surface area contributed by atoms with Gasteiger partial charge in [-0.05, 0) is 49.5 Å². The number of amidine groups is 1. The summed E-state index contributed by atoms with van der Waals surface area (Å²) in [6.07, 6.45) is 2.11. The number of nitrogens with zero attached hydrogens (tertiary/aromatic N) is 1. The average Bonchev–Trinajstić information content (AvgIpc) is 3.16. The lowest BCUT2D eigenvalue weighted by atomic mass is 9.84. The van der Waals surface area contributed by atoms with Gasteiger partial charge in [-0.3, -0.25) is 4.99 Å². The van der Waals surface area contributed by atoms with E-state index in [4.69, 9.17) is 4.99 Å². The SMILES string of the molecule is CC.c1csc(CN=C2Nc3ccccc3NC23CCNCC3)c1. The number of hydrogen-bond acceptors (Lipinski definition) is 4. The normalized spacial score (nSPS) is 19.7. The van der Waals surface area contributed by atoms with Crippen molar-refractivity contribution in [1.29, 1.82) is 0 Å². The fourth-order valence-corrected chi connectivity index (χ4v) is 3.86. The van der Waals surface area contributed by atoms with E-state index in [1.54, 1.807) is 11.3 Å². The van der Waals surface area contributed by atoms with Crippen LogP contribution in [0.5, 0.6) is 0 Å². The number of hydrogen-bond donors (Lipinski definition) is 3. The van der Waals surface area contributed by atoms with Gasteiger partial charge in [0.1, 0.15) is 5.84 Å². The van der Waals surface area contributed by atoms with Crippen LogP contribution in [0.3, 0.4) is 0 Å². The summed E-state index contributed by atoms with van der Waals surface area (Å²) in [7, 11) is 0. The Morgan fingerprint density at radius 3 is 2.50 bits per heavy atom. The Labute approximate surface area is 148 Å². The van der Waals surface area contributed by atoms with E-state index in [0.717, 1.165) is 44.0 Å². The highest BCUT2D eigenvalue weighted by molar-refractivity contribution is 7.09. The lowest BCUT2D eigenvalue weighted by Crippen LogP contribution is -2.57. The summed E-state index contributed by atoms with van der Waals surface area (Å²) in [6.45, 7) is 6.79.